The van der Waals surface area contributed by atoms with E-state index in [0.717, 1.165) is 50.3 Å². The van der Waals surface area contributed by atoms with Gasteiger partial charge in [-0.3, -0.25) is 0 Å². The number of hydrogen-bond donors (Lipinski definition) is 0. The summed E-state index contributed by atoms with van der Waals surface area (Å²) in [6.07, 6.45) is 0.105. The topological polar surface area (TPSA) is 46.2 Å². The minimum atomic E-state index is -0.648. The first-order valence-corrected chi connectivity index (χ1v) is 15.2. The van der Waals surface area contributed by atoms with Gasteiger partial charge in [-0.2, -0.15) is 0 Å². The van der Waals surface area contributed by atoms with Gasteiger partial charge in [-0.15, -0.1) is 0 Å². The molecule has 0 aromatic heterocycles. The molecule has 0 fully saturated rings. The van der Waals surface area contributed by atoms with Gasteiger partial charge in [0.2, 0.25) is 0 Å². The van der Waals surface area contributed by atoms with Crippen LogP contribution < -0.4 is 23.7 Å². The summed E-state index contributed by atoms with van der Waals surface area (Å²) < 4.78 is 29.5. The van der Waals surface area contributed by atoms with E-state index < -0.39 is 5.41 Å². The average Bonchev–Trinajstić information content (AvgIpc) is 3.34. The summed E-state index contributed by atoms with van der Waals surface area (Å²) in [6, 6.07) is 32.1. The molecule has 0 saturated heterocycles. The maximum Gasteiger partial charge on any atom is 0.161 e. The van der Waals surface area contributed by atoms with Gasteiger partial charge in [0.15, 0.2) is 11.5 Å². The van der Waals surface area contributed by atoms with Crippen LogP contribution in [0.15, 0.2) is 91.0 Å². The number of methoxy groups -OCH3 is 3. The van der Waals surface area contributed by atoms with Gasteiger partial charge in [-0.05, 0) is 112 Å². The van der Waals surface area contributed by atoms with E-state index in [1.807, 2.05) is 13.0 Å². The molecule has 0 amide bonds. The Balaban J connectivity index is 1.69. The van der Waals surface area contributed by atoms with Crippen LogP contribution in [0.4, 0.5) is 0 Å². The normalized spacial score (nSPS) is 15.9. The van der Waals surface area contributed by atoms with Gasteiger partial charge < -0.3 is 23.7 Å². The van der Waals surface area contributed by atoms with Crippen LogP contribution in [0.5, 0.6) is 28.7 Å². The lowest BCUT2D eigenvalue weighted by molar-refractivity contribution is 0.170. The summed E-state index contributed by atoms with van der Waals surface area (Å²) in [7, 11) is 5.08. The van der Waals surface area contributed by atoms with E-state index in [1.54, 1.807) is 21.3 Å². The quantitative estimate of drug-likeness (QED) is 0.160. The Hall–Kier alpha value is -4.64. The smallest absolute Gasteiger partial charge is 0.161 e. The molecule has 226 valence electrons. The van der Waals surface area contributed by atoms with Gasteiger partial charge in [-0.25, -0.2) is 0 Å². The highest BCUT2D eigenvalue weighted by Crippen LogP contribution is 2.60. The largest absolute Gasteiger partial charge is 0.497 e. The van der Waals surface area contributed by atoms with Crippen molar-refractivity contribution < 1.29 is 23.7 Å². The van der Waals surface area contributed by atoms with Crippen molar-refractivity contribution in [2.24, 2.45) is 5.92 Å². The lowest BCUT2D eigenvalue weighted by Crippen LogP contribution is -2.28. The SMILES string of the molecule is CCOc1ccc(C2(c3ccc(OC(C)C(C)C)cc3)c3cc(OC)c(OC)cc3-c3c2ccc2cc(OC)ccc32)cc1. The van der Waals surface area contributed by atoms with Gasteiger partial charge in [-0.1, -0.05) is 56.3 Å². The maximum atomic E-state index is 6.29. The van der Waals surface area contributed by atoms with Gasteiger partial charge in [0.05, 0.1) is 39.5 Å². The third kappa shape index (κ3) is 4.71. The summed E-state index contributed by atoms with van der Waals surface area (Å²) in [5.74, 6) is 4.31. The molecular formula is C39H40O5. The van der Waals surface area contributed by atoms with Crippen molar-refractivity contribution in [2.45, 2.75) is 39.2 Å². The number of rotatable bonds is 10. The van der Waals surface area contributed by atoms with Crippen LogP contribution in [0, 0.1) is 5.92 Å². The summed E-state index contributed by atoms with van der Waals surface area (Å²) in [6.45, 7) is 9.08. The molecule has 0 bridgehead atoms. The van der Waals surface area contributed by atoms with E-state index in [1.165, 1.54) is 11.1 Å². The fraction of sp³-hybridized carbons (Fsp3) is 0.282. The third-order valence-corrected chi connectivity index (χ3v) is 8.97. The van der Waals surface area contributed by atoms with Crippen LogP contribution in [-0.2, 0) is 5.41 Å². The second-order valence-corrected chi connectivity index (χ2v) is 11.6. The molecule has 2 atom stereocenters. The minimum absolute atomic E-state index is 0.105. The van der Waals surface area contributed by atoms with E-state index in [-0.39, 0.29) is 6.10 Å². The Bertz CT molecular complexity index is 1790. The van der Waals surface area contributed by atoms with E-state index in [0.29, 0.717) is 24.0 Å². The highest BCUT2D eigenvalue weighted by Gasteiger charge is 2.47. The number of fused-ring (bicyclic) bond motifs is 5. The Morgan fingerprint density at radius 2 is 1.23 bits per heavy atom. The molecule has 44 heavy (non-hydrogen) atoms. The van der Waals surface area contributed by atoms with Crippen LogP contribution in [-0.4, -0.2) is 34.0 Å². The first-order chi connectivity index (χ1) is 21.3. The van der Waals surface area contributed by atoms with E-state index in [4.69, 9.17) is 23.7 Å². The average molecular weight is 589 g/mol. The van der Waals surface area contributed by atoms with E-state index in [9.17, 15) is 0 Å². The monoisotopic (exact) mass is 588 g/mol. The van der Waals surface area contributed by atoms with Crippen LogP contribution in [0.2, 0.25) is 0 Å². The Labute approximate surface area is 260 Å². The molecule has 1 aliphatic rings. The second-order valence-electron chi connectivity index (χ2n) is 11.6. The maximum absolute atomic E-state index is 6.29. The van der Waals surface area contributed by atoms with Crippen molar-refractivity contribution >= 4 is 10.8 Å². The van der Waals surface area contributed by atoms with Crippen molar-refractivity contribution in [3.05, 3.63) is 113 Å². The number of hydrogen-bond acceptors (Lipinski definition) is 5. The second kappa shape index (κ2) is 11.8. The first kappa shape index (κ1) is 29.4. The zero-order chi connectivity index (χ0) is 31.0. The fourth-order valence-electron chi connectivity index (χ4n) is 6.47. The summed E-state index contributed by atoms with van der Waals surface area (Å²) in [5.41, 5.74) is 6.21. The van der Waals surface area contributed by atoms with Crippen molar-refractivity contribution in [3.63, 3.8) is 0 Å². The molecule has 0 heterocycles. The molecule has 2 unspecified atom stereocenters. The molecule has 5 aromatic carbocycles. The highest BCUT2D eigenvalue weighted by molar-refractivity contribution is 6.05. The summed E-state index contributed by atoms with van der Waals surface area (Å²) in [4.78, 5) is 0. The molecule has 0 radical (unpaired) electrons. The van der Waals surface area contributed by atoms with Crippen molar-refractivity contribution in [1.29, 1.82) is 0 Å². The molecule has 0 aliphatic heterocycles. The Morgan fingerprint density at radius 1 is 0.614 bits per heavy atom. The molecule has 5 heteroatoms. The van der Waals surface area contributed by atoms with E-state index in [2.05, 4.69) is 106 Å². The van der Waals surface area contributed by atoms with Crippen molar-refractivity contribution in [2.75, 3.05) is 27.9 Å². The molecule has 5 nitrogen and oxygen atoms in total. The summed E-state index contributed by atoms with van der Waals surface area (Å²) >= 11 is 0. The van der Waals surface area contributed by atoms with Crippen LogP contribution >= 0.6 is 0 Å². The number of benzene rings is 5. The molecule has 0 saturated carbocycles. The predicted octanol–water partition coefficient (Wildman–Crippen LogP) is 9.05. The molecule has 0 N–H and O–H groups in total. The van der Waals surface area contributed by atoms with Crippen LogP contribution in [0.3, 0.4) is 0 Å². The molecule has 0 spiro atoms. The zero-order valence-electron chi connectivity index (χ0n) is 26.6. The van der Waals surface area contributed by atoms with Gasteiger partial charge in [0.25, 0.3) is 0 Å². The van der Waals surface area contributed by atoms with Gasteiger partial charge in [0.1, 0.15) is 17.2 Å². The molecule has 1 aliphatic carbocycles. The van der Waals surface area contributed by atoms with E-state index >= 15 is 0 Å². The lowest BCUT2D eigenvalue weighted by atomic mass is 9.67. The third-order valence-electron chi connectivity index (χ3n) is 8.97. The van der Waals surface area contributed by atoms with Crippen LogP contribution in [0.25, 0.3) is 21.9 Å². The van der Waals surface area contributed by atoms with Crippen molar-refractivity contribution in [1.82, 2.24) is 0 Å². The highest BCUT2D eigenvalue weighted by atomic mass is 16.5. The standard InChI is InChI=1S/C39H40O5/c1-8-43-29-14-10-27(11-15-29)39(28-12-16-30(17-13-28)44-25(4)24(2)3)34-20-9-26-21-31(40-5)18-19-32(26)38(34)33-22-36(41-6)37(42-7)23-35(33)39/h9-25H,8H2,1-7H3. The zero-order valence-corrected chi connectivity index (χ0v) is 26.6. The summed E-state index contributed by atoms with van der Waals surface area (Å²) in [5, 5.41) is 2.26. The van der Waals surface area contributed by atoms with Crippen molar-refractivity contribution in [3.8, 4) is 39.9 Å². The van der Waals surface area contributed by atoms with Gasteiger partial charge >= 0.3 is 0 Å². The molecule has 6 rings (SSSR count). The fourth-order valence-corrected chi connectivity index (χ4v) is 6.47. The minimum Gasteiger partial charge on any atom is -0.497 e. The molecular weight excluding hydrogens is 548 g/mol. The molecule has 5 aromatic rings. The van der Waals surface area contributed by atoms with Gasteiger partial charge in [0, 0.05) is 0 Å². The Kier molecular flexibility index (Phi) is 7.89. The lowest BCUT2D eigenvalue weighted by Gasteiger charge is -2.34. The Morgan fingerprint density at radius 3 is 1.82 bits per heavy atom. The predicted molar refractivity (Wildman–Crippen MR) is 177 cm³/mol. The first-order valence-electron chi connectivity index (χ1n) is 15.2. The van der Waals surface area contributed by atoms with Crippen LogP contribution in [0.1, 0.15) is 49.9 Å². The number of ether oxygens (including phenoxy) is 5.